The normalized spacial score (nSPS) is 12.4. The smallest absolute Gasteiger partial charge is 0.149 e. The summed E-state index contributed by atoms with van der Waals surface area (Å²) in [6.07, 6.45) is 3.16. The van der Waals surface area contributed by atoms with Crippen molar-refractivity contribution in [2.45, 2.75) is 6.04 Å². The van der Waals surface area contributed by atoms with E-state index < -0.39 is 6.04 Å². The van der Waals surface area contributed by atoms with Gasteiger partial charge in [0, 0.05) is 18.0 Å². The average Bonchev–Trinajstić information content (AvgIpc) is 2.33. The molecule has 2 rings (SSSR count). The topological polar surface area (TPSA) is 51.8 Å². The summed E-state index contributed by atoms with van der Waals surface area (Å²) < 4.78 is 14.1. The van der Waals surface area contributed by atoms with Crippen LogP contribution < -0.4 is 5.73 Å². The molecule has 0 saturated heterocycles. The molecule has 0 aliphatic rings. The first-order valence-electron chi connectivity index (χ1n) is 4.66. The number of nitrogens with two attached hydrogens (primary N) is 1. The van der Waals surface area contributed by atoms with Crippen LogP contribution in [0.3, 0.4) is 0 Å². The van der Waals surface area contributed by atoms with Crippen LogP contribution in [0, 0.1) is 5.82 Å². The summed E-state index contributed by atoms with van der Waals surface area (Å²) in [5.74, 6) is 0.0296. The second-order valence-electron chi connectivity index (χ2n) is 3.23. The maximum Gasteiger partial charge on any atom is 0.149 e. The highest BCUT2D eigenvalue weighted by molar-refractivity contribution is 9.10. The van der Waals surface area contributed by atoms with Crippen molar-refractivity contribution in [3.63, 3.8) is 0 Å². The Morgan fingerprint density at radius 2 is 1.88 bits per heavy atom. The van der Waals surface area contributed by atoms with Gasteiger partial charge in [-0.25, -0.2) is 14.4 Å². The fraction of sp³-hybridized carbons (Fsp3) is 0.0909. The first kappa shape index (κ1) is 11.2. The summed E-state index contributed by atoms with van der Waals surface area (Å²) in [4.78, 5) is 8.02. The third-order valence-electron chi connectivity index (χ3n) is 2.18. The summed E-state index contributed by atoms with van der Waals surface area (Å²) in [5.41, 5.74) is 6.28. The summed E-state index contributed by atoms with van der Waals surface area (Å²) in [6, 6.07) is 6.01. The van der Waals surface area contributed by atoms with Crippen molar-refractivity contribution < 1.29 is 4.39 Å². The Kier molecular flexibility index (Phi) is 3.26. The maximum absolute atomic E-state index is 13.8. The minimum absolute atomic E-state index is 0.373. The van der Waals surface area contributed by atoms with E-state index in [0.29, 0.717) is 15.9 Å². The van der Waals surface area contributed by atoms with Gasteiger partial charge in [0.1, 0.15) is 11.6 Å². The van der Waals surface area contributed by atoms with Crippen LogP contribution in [-0.2, 0) is 0 Å². The van der Waals surface area contributed by atoms with Crippen molar-refractivity contribution in [3.05, 3.63) is 58.3 Å². The van der Waals surface area contributed by atoms with Crippen LogP contribution in [0.2, 0.25) is 0 Å². The molecule has 0 aliphatic heterocycles. The first-order valence-corrected chi connectivity index (χ1v) is 5.46. The van der Waals surface area contributed by atoms with Crippen LogP contribution in [-0.4, -0.2) is 9.97 Å². The van der Waals surface area contributed by atoms with E-state index in [9.17, 15) is 4.39 Å². The minimum Gasteiger partial charge on any atom is -0.318 e. The molecule has 1 unspecified atom stereocenters. The van der Waals surface area contributed by atoms with Gasteiger partial charge in [-0.3, -0.25) is 0 Å². The summed E-state index contributed by atoms with van der Waals surface area (Å²) in [5, 5.41) is 0. The van der Waals surface area contributed by atoms with Crippen LogP contribution in [0.5, 0.6) is 0 Å². The Morgan fingerprint density at radius 1 is 1.19 bits per heavy atom. The second-order valence-corrected chi connectivity index (χ2v) is 4.08. The quantitative estimate of drug-likeness (QED) is 0.920. The van der Waals surface area contributed by atoms with Crippen molar-refractivity contribution in [3.8, 4) is 0 Å². The summed E-state index contributed by atoms with van der Waals surface area (Å²) in [7, 11) is 0. The van der Waals surface area contributed by atoms with Crippen molar-refractivity contribution in [1.29, 1.82) is 0 Å². The summed E-state index contributed by atoms with van der Waals surface area (Å²) >= 11 is 3.12. The lowest BCUT2D eigenvalue weighted by Gasteiger charge is -2.11. The third-order valence-corrected chi connectivity index (χ3v) is 2.79. The summed E-state index contributed by atoms with van der Waals surface area (Å²) in [6.45, 7) is 0. The molecule has 1 atom stereocenters. The molecule has 0 radical (unpaired) electrons. The SMILES string of the molecule is NC(c1ncccn1)c1cccc(Br)c1F. The average molecular weight is 282 g/mol. The fourth-order valence-electron chi connectivity index (χ4n) is 1.37. The predicted molar refractivity (Wildman–Crippen MR) is 62.2 cm³/mol. The maximum atomic E-state index is 13.8. The Balaban J connectivity index is 2.42. The standard InChI is InChI=1S/C11H9BrFN3/c12-8-4-1-3-7(9(8)13)10(14)11-15-5-2-6-16-11/h1-6,10H,14H2. The van der Waals surface area contributed by atoms with Gasteiger partial charge in [-0.2, -0.15) is 0 Å². The van der Waals surface area contributed by atoms with Crippen molar-refractivity contribution >= 4 is 15.9 Å². The highest BCUT2D eigenvalue weighted by atomic mass is 79.9. The monoisotopic (exact) mass is 281 g/mol. The number of hydrogen-bond donors (Lipinski definition) is 1. The molecule has 1 heterocycles. The molecule has 16 heavy (non-hydrogen) atoms. The third kappa shape index (κ3) is 2.10. The molecule has 2 N–H and O–H groups in total. The second kappa shape index (κ2) is 4.67. The Labute approximate surface area is 101 Å². The zero-order chi connectivity index (χ0) is 11.5. The lowest BCUT2D eigenvalue weighted by Crippen LogP contribution is -2.16. The number of nitrogens with zero attached hydrogens (tertiary/aromatic N) is 2. The molecule has 5 heteroatoms. The van der Waals surface area contributed by atoms with Crippen LogP contribution >= 0.6 is 15.9 Å². The molecule has 0 fully saturated rings. The molecule has 1 aromatic heterocycles. The molecule has 0 aliphatic carbocycles. The number of halogens is 2. The number of benzene rings is 1. The zero-order valence-electron chi connectivity index (χ0n) is 8.27. The minimum atomic E-state index is -0.654. The van der Waals surface area contributed by atoms with Crippen LogP contribution in [0.4, 0.5) is 4.39 Å². The molecule has 0 amide bonds. The van der Waals surface area contributed by atoms with E-state index in [0.717, 1.165) is 0 Å². The molecule has 0 bridgehead atoms. The number of hydrogen-bond acceptors (Lipinski definition) is 3. The number of aromatic nitrogens is 2. The van der Waals surface area contributed by atoms with Crippen molar-refractivity contribution in [2.75, 3.05) is 0 Å². The van der Waals surface area contributed by atoms with Gasteiger partial charge in [-0.15, -0.1) is 0 Å². The Hall–Kier alpha value is -1.33. The van der Waals surface area contributed by atoms with Gasteiger partial charge in [-0.1, -0.05) is 12.1 Å². The molecule has 1 aromatic carbocycles. The fourth-order valence-corrected chi connectivity index (χ4v) is 1.75. The van der Waals surface area contributed by atoms with Crippen LogP contribution in [0.15, 0.2) is 41.1 Å². The van der Waals surface area contributed by atoms with Crippen molar-refractivity contribution in [1.82, 2.24) is 9.97 Å². The van der Waals surface area contributed by atoms with Crippen LogP contribution in [0.1, 0.15) is 17.4 Å². The largest absolute Gasteiger partial charge is 0.318 e. The van der Waals surface area contributed by atoms with Gasteiger partial charge in [-0.05, 0) is 28.1 Å². The van der Waals surface area contributed by atoms with E-state index in [1.807, 2.05) is 0 Å². The molecular formula is C11H9BrFN3. The van der Waals surface area contributed by atoms with E-state index in [4.69, 9.17) is 5.73 Å². The lowest BCUT2D eigenvalue weighted by atomic mass is 10.1. The Bertz CT molecular complexity index is 490. The highest BCUT2D eigenvalue weighted by Crippen LogP contribution is 2.24. The number of rotatable bonds is 2. The van der Waals surface area contributed by atoms with Gasteiger partial charge in [0.15, 0.2) is 0 Å². The van der Waals surface area contributed by atoms with E-state index in [-0.39, 0.29) is 5.82 Å². The van der Waals surface area contributed by atoms with Crippen molar-refractivity contribution in [2.24, 2.45) is 5.73 Å². The van der Waals surface area contributed by atoms with Gasteiger partial charge < -0.3 is 5.73 Å². The van der Waals surface area contributed by atoms with E-state index in [2.05, 4.69) is 25.9 Å². The van der Waals surface area contributed by atoms with E-state index >= 15 is 0 Å². The molecule has 0 saturated carbocycles. The molecular weight excluding hydrogens is 273 g/mol. The predicted octanol–water partition coefficient (Wildman–Crippen LogP) is 2.43. The molecule has 0 spiro atoms. The molecule has 2 aromatic rings. The van der Waals surface area contributed by atoms with Crippen LogP contribution in [0.25, 0.3) is 0 Å². The van der Waals surface area contributed by atoms with Gasteiger partial charge in [0.05, 0.1) is 10.5 Å². The molecule has 82 valence electrons. The highest BCUT2D eigenvalue weighted by Gasteiger charge is 2.16. The van der Waals surface area contributed by atoms with Gasteiger partial charge in [0.2, 0.25) is 0 Å². The lowest BCUT2D eigenvalue weighted by molar-refractivity contribution is 0.587. The zero-order valence-corrected chi connectivity index (χ0v) is 9.86. The Morgan fingerprint density at radius 3 is 2.56 bits per heavy atom. The van der Waals surface area contributed by atoms with E-state index in [1.54, 1.807) is 36.7 Å². The molecule has 3 nitrogen and oxygen atoms in total. The first-order chi connectivity index (χ1) is 7.70. The van der Waals surface area contributed by atoms with Gasteiger partial charge in [0.25, 0.3) is 0 Å². The van der Waals surface area contributed by atoms with Gasteiger partial charge >= 0.3 is 0 Å². The van der Waals surface area contributed by atoms with E-state index in [1.165, 1.54) is 0 Å².